The van der Waals surface area contributed by atoms with Gasteiger partial charge in [-0.05, 0) is 29.8 Å². The Morgan fingerprint density at radius 3 is 2.27 bits per heavy atom. The van der Waals surface area contributed by atoms with E-state index >= 15 is 0 Å². The van der Waals surface area contributed by atoms with Gasteiger partial charge in [-0.2, -0.15) is 0 Å². The van der Waals surface area contributed by atoms with Crippen LogP contribution in [0.25, 0.3) is 11.0 Å². The van der Waals surface area contributed by atoms with Crippen LogP contribution in [-0.2, 0) is 11.3 Å². The molecule has 0 radical (unpaired) electrons. The van der Waals surface area contributed by atoms with Gasteiger partial charge in [0.25, 0.3) is 0 Å². The third-order valence-electron chi connectivity index (χ3n) is 4.77. The van der Waals surface area contributed by atoms with Gasteiger partial charge in [-0.15, -0.1) is 0 Å². The Hall–Kier alpha value is -4.20. The second kappa shape index (κ2) is 8.04. The molecule has 4 rings (SSSR count). The van der Waals surface area contributed by atoms with Crippen molar-refractivity contribution in [3.05, 3.63) is 101 Å². The van der Waals surface area contributed by atoms with E-state index in [9.17, 15) is 14.4 Å². The van der Waals surface area contributed by atoms with Gasteiger partial charge in [0, 0.05) is 6.20 Å². The number of amides is 2. The lowest BCUT2D eigenvalue weighted by molar-refractivity contribution is -0.119. The van der Waals surface area contributed by atoms with Gasteiger partial charge in [-0.3, -0.25) is 14.3 Å². The van der Waals surface area contributed by atoms with E-state index in [0.717, 1.165) is 4.57 Å². The molecule has 2 aromatic carbocycles. The average Bonchev–Trinajstić information content (AvgIpc) is 3.04. The number of imidazole rings is 1. The van der Waals surface area contributed by atoms with Crippen molar-refractivity contribution >= 4 is 23.0 Å². The van der Waals surface area contributed by atoms with E-state index in [1.165, 1.54) is 4.57 Å². The van der Waals surface area contributed by atoms with Crippen LogP contribution in [0.1, 0.15) is 17.3 Å². The quantitative estimate of drug-likeness (QED) is 0.533. The van der Waals surface area contributed by atoms with Crippen LogP contribution in [-0.4, -0.2) is 26.1 Å². The number of hydrogen-bond acceptors (Lipinski definition) is 4. The van der Waals surface area contributed by atoms with E-state index in [1.807, 2.05) is 6.07 Å². The van der Waals surface area contributed by atoms with Crippen LogP contribution in [0.2, 0.25) is 0 Å². The van der Waals surface area contributed by atoms with Gasteiger partial charge in [0.05, 0.1) is 23.3 Å². The number of primary amides is 1. The molecule has 2 amide bonds. The molecule has 150 valence electrons. The van der Waals surface area contributed by atoms with Crippen LogP contribution in [0.15, 0.2) is 83.8 Å². The Kier molecular flexibility index (Phi) is 5.13. The highest BCUT2D eigenvalue weighted by atomic mass is 16.2. The van der Waals surface area contributed by atoms with Crippen LogP contribution in [0.4, 0.5) is 4.79 Å². The van der Waals surface area contributed by atoms with E-state index in [1.54, 1.807) is 72.9 Å². The first-order valence-electron chi connectivity index (χ1n) is 9.31. The molecule has 0 saturated heterocycles. The number of nitrogens with zero attached hydrogens (tertiary/aromatic N) is 3. The standard InChI is InChI=1S/C22H19N5O3/c23-20(28)19(15-8-2-1-3-9-15)25-21(29)27-18-12-5-4-11-17(18)26(22(27)30)14-16-10-6-7-13-24-16/h1-13,19H,14H2,(H2,23,28)(H,25,29)/t19-/m0/s1. The predicted molar refractivity (Wildman–Crippen MR) is 112 cm³/mol. The molecule has 0 bridgehead atoms. The first-order valence-corrected chi connectivity index (χ1v) is 9.31. The minimum atomic E-state index is -1.07. The van der Waals surface area contributed by atoms with Crippen molar-refractivity contribution in [2.45, 2.75) is 12.6 Å². The zero-order valence-electron chi connectivity index (χ0n) is 15.9. The molecule has 3 N–H and O–H groups in total. The monoisotopic (exact) mass is 401 g/mol. The molecular weight excluding hydrogens is 382 g/mol. The smallest absolute Gasteiger partial charge is 0.337 e. The molecule has 0 saturated carbocycles. The van der Waals surface area contributed by atoms with Crippen LogP contribution in [0.3, 0.4) is 0 Å². The van der Waals surface area contributed by atoms with E-state index in [2.05, 4.69) is 10.3 Å². The lowest BCUT2D eigenvalue weighted by Crippen LogP contribution is -2.43. The van der Waals surface area contributed by atoms with Gasteiger partial charge < -0.3 is 11.1 Å². The lowest BCUT2D eigenvalue weighted by atomic mass is 10.1. The Labute approximate surface area is 171 Å². The van der Waals surface area contributed by atoms with Gasteiger partial charge in [-0.25, -0.2) is 14.2 Å². The van der Waals surface area contributed by atoms with Gasteiger partial charge >= 0.3 is 11.7 Å². The molecule has 0 unspecified atom stereocenters. The maximum atomic E-state index is 13.1. The highest BCUT2D eigenvalue weighted by molar-refractivity contribution is 5.93. The van der Waals surface area contributed by atoms with Crippen molar-refractivity contribution in [2.24, 2.45) is 5.73 Å². The zero-order chi connectivity index (χ0) is 21.1. The van der Waals surface area contributed by atoms with Gasteiger partial charge in [-0.1, -0.05) is 48.5 Å². The Morgan fingerprint density at radius 1 is 0.933 bits per heavy atom. The highest BCUT2D eigenvalue weighted by Crippen LogP contribution is 2.16. The van der Waals surface area contributed by atoms with Crippen LogP contribution < -0.4 is 16.7 Å². The second-order valence-electron chi connectivity index (χ2n) is 6.71. The number of rotatable bonds is 5. The number of carbonyl (C=O) groups is 2. The summed E-state index contributed by atoms with van der Waals surface area (Å²) in [5.74, 6) is -0.722. The van der Waals surface area contributed by atoms with Crippen LogP contribution in [0, 0.1) is 0 Å². The number of aromatic nitrogens is 3. The number of fused-ring (bicyclic) bond motifs is 1. The minimum Gasteiger partial charge on any atom is -0.368 e. The molecular formula is C22H19N5O3. The predicted octanol–water partition coefficient (Wildman–Crippen LogP) is 2.03. The highest BCUT2D eigenvalue weighted by Gasteiger charge is 2.24. The third kappa shape index (κ3) is 3.58. The summed E-state index contributed by atoms with van der Waals surface area (Å²) in [7, 11) is 0. The van der Waals surface area contributed by atoms with Crippen molar-refractivity contribution in [3.8, 4) is 0 Å². The summed E-state index contributed by atoms with van der Waals surface area (Å²) in [5, 5.41) is 2.58. The number of nitrogens with one attached hydrogen (secondary N) is 1. The van der Waals surface area contributed by atoms with Crippen molar-refractivity contribution in [1.82, 2.24) is 19.4 Å². The molecule has 30 heavy (non-hydrogen) atoms. The van der Waals surface area contributed by atoms with E-state index in [0.29, 0.717) is 22.3 Å². The Morgan fingerprint density at radius 2 is 1.60 bits per heavy atom. The van der Waals surface area contributed by atoms with Gasteiger partial charge in [0.15, 0.2) is 0 Å². The zero-order valence-corrected chi connectivity index (χ0v) is 15.9. The molecule has 0 aliphatic rings. The van der Waals surface area contributed by atoms with Crippen LogP contribution in [0.5, 0.6) is 0 Å². The minimum absolute atomic E-state index is 0.207. The van der Waals surface area contributed by atoms with E-state index in [-0.39, 0.29) is 6.54 Å². The summed E-state index contributed by atoms with van der Waals surface area (Å²) >= 11 is 0. The number of pyridine rings is 1. The fraction of sp³-hybridized carbons (Fsp3) is 0.0909. The molecule has 8 heteroatoms. The molecule has 0 spiro atoms. The van der Waals surface area contributed by atoms with Crippen molar-refractivity contribution in [2.75, 3.05) is 0 Å². The topological polar surface area (TPSA) is 112 Å². The Bertz CT molecular complexity index is 1260. The van der Waals surface area contributed by atoms with Crippen LogP contribution >= 0.6 is 0 Å². The Balaban J connectivity index is 1.75. The molecule has 1 atom stereocenters. The van der Waals surface area contributed by atoms with E-state index in [4.69, 9.17) is 5.73 Å². The molecule has 2 aromatic heterocycles. The fourth-order valence-electron chi connectivity index (χ4n) is 3.36. The molecule has 2 heterocycles. The first kappa shape index (κ1) is 19.1. The van der Waals surface area contributed by atoms with Crippen molar-refractivity contribution in [3.63, 3.8) is 0 Å². The molecule has 4 aromatic rings. The fourth-order valence-corrected chi connectivity index (χ4v) is 3.36. The second-order valence-corrected chi connectivity index (χ2v) is 6.71. The van der Waals surface area contributed by atoms with Crippen molar-refractivity contribution < 1.29 is 9.59 Å². The van der Waals surface area contributed by atoms with E-state index < -0.39 is 23.7 Å². The van der Waals surface area contributed by atoms with Crippen molar-refractivity contribution in [1.29, 1.82) is 0 Å². The number of nitrogens with two attached hydrogens (primary N) is 1. The number of para-hydroxylation sites is 2. The summed E-state index contributed by atoms with van der Waals surface area (Å²) < 4.78 is 2.48. The summed E-state index contributed by atoms with van der Waals surface area (Å²) in [6, 6.07) is 19.2. The maximum absolute atomic E-state index is 13.1. The summed E-state index contributed by atoms with van der Waals surface area (Å²) in [6.07, 6.45) is 1.64. The normalized spacial score (nSPS) is 11.9. The number of benzene rings is 2. The maximum Gasteiger partial charge on any atom is 0.337 e. The average molecular weight is 401 g/mol. The first-order chi connectivity index (χ1) is 14.6. The summed E-state index contributed by atoms with van der Waals surface area (Å²) in [5.41, 5.74) is 7.19. The number of hydrogen-bond donors (Lipinski definition) is 2. The summed E-state index contributed by atoms with van der Waals surface area (Å²) in [4.78, 5) is 42.4. The lowest BCUT2D eigenvalue weighted by Gasteiger charge is -2.16. The molecule has 0 aliphatic carbocycles. The largest absolute Gasteiger partial charge is 0.368 e. The molecule has 0 aliphatic heterocycles. The van der Waals surface area contributed by atoms with Gasteiger partial charge in [0.2, 0.25) is 5.91 Å². The SMILES string of the molecule is NC(=O)[C@@H](NC(=O)n1c(=O)n(Cc2ccccn2)c2ccccc21)c1ccccc1. The third-order valence-corrected chi connectivity index (χ3v) is 4.77. The summed E-state index contributed by atoms with van der Waals surface area (Å²) in [6.45, 7) is 0.207. The van der Waals surface area contributed by atoms with Gasteiger partial charge in [0.1, 0.15) is 6.04 Å². The molecule has 0 fully saturated rings. The number of carbonyl (C=O) groups excluding carboxylic acids is 2. The molecule has 8 nitrogen and oxygen atoms in total.